The van der Waals surface area contributed by atoms with Crippen LogP contribution in [0.5, 0.6) is 0 Å². The summed E-state index contributed by atoms with van der Waals surface area (Å²) in [7, 11) is 0. The molecule has 1 aromatic heterocycles. The molecule has 2 atom stereocenters. The average Bonchev–Trinajstić information content (AvgIpc) is 3.33. The maximum atomic E-state index is 13.4. The van der Waals surface area contributed by atoms with Crippen LogP contribution in [-0.4, -0.2) is 21.7 Å². The molecule has 2 aliphatic carbocycles. The monoisotopic (exact) mass is 400 g/mol. The number of benzene rings is 2. The Bertz CT molecular complexity index is 1210. The number of aromatic nitrogens is 1. The summed E-state index contributed by atoms with van der Waals surface area (Å²) in [4.78, 5) is 26.6. The van der Waals surface area contributed by atoms with Gasteiger partial charge in [0.05, 0.1) is 17.8 Å². The Morgan fingerprint density at radius 1 is 1.07 bits per heavy atom. The SMILES string of the molecule is Cc1ccn(-c2cccc3c2CCC3)c(=O)c1C(=O)N[C@@H]1c2ccccc2C[C@@H]1O. The van der Waals surface area contributed by atoms with E-state index in [1.54, 1.807) is 17.7 Å². The van der Waals surface area contributed by atoms with E-state index >= 15 is 0 Å². The molecule has 1 amide bonds. The number of nitrogens with zero attached hydrogens (tertiary/aromatic N) is 1. The highest BCUT2D eigenvalue weighted by atomic mass is 16.3. The Morgan fingerprint density at radius 3 is 2.73 bits per heavy atom. The van der Waals surface area contributed by atoms with Crippen molar-refractivity contribution in [2.75, 3.05) is 0 Å². The second kappa shape index (κ2) is 7.26. The predicted octanol–water partition coefficient (Wildman–Crippen LogP) is 3.02. The summed E-state index contributed by atoms with van der Waals surface area (Å²) in [5.41, 5.74) is 5.69. The summed E-state index contributed by atoms with van der Waals surface area (Å²) in [5.74, 6) is -0.444. The van der Waals surface area contributed by atoms with Crippen LogP contribution in [-0.2, 0) is 19.3 Å². The Balaban J connectivity index is 1.53. The molecule has 0 saturated carbocycles. The molecule has 0 bridgehead atoms. The standard InChI is InChI=1S/C25H24N2O3/c1-15-12-13-27(20-11-5-8-16-7-4-10-18(16)20)25(30)22(15)24(29)26-23-19-9-3-2-6-17(19)14-21(23)28/h2-3,5-6,8-9,11-13,21,23,28H,4,7,10,14H2,1H3,(H,26,29)/t21-,23+/m0/s1. The van der Waals surface area contributed by atoms with Crippen molar-refractivity contribution in [1.29, 1.82) is 0 Å². The van der Waals surface area contributed by atoms with Crippen LogP contribution < -0.4 is 10.9 Å². The number of fused-ring (bicyclic) bond motifs is 2. The molecule has 0 unspecified atom stereocenters. The Morgan fingerprint density at radius 2 is 1.87 bits per heavy atom. The zero-order valence-corrected chi connectivity index (χ0v) is 16.9. The van der Waals surface area contributed by atoms with Crippen LogP contribution in [0.3, 0.4) is 0 Å². The molecule has 2 N–H and O–H groups in total. The third-order valence-corrected chi connectivity index (χ3v) is 6.40. The number of aryl methyl sites for hydroxylation is 2. The van der Waals surface area contributed by atoms with E-state index < -0.39 is 18.1 Å². The molecular formula is C25H24N2O3. The second-order valence-corrected chi connectivity index (χ2v) is 8.24. The zero-order valence-electron chi connectivity index (χ0n) is 16.9. The fraction of sp³-hybridized carbons (Fsp3) is 0.280. The van der Waals surface area contributed by atoms with Gasteiger partial charge < -0.3 is 10.4 Å². The summed E-state index contributed by atoms with van der Waals surface area (Å²) >= 11 is 0. The van der Waals surface area contributed by atoms with Crippen molar-refractivity contribution in [1.82, 2.24) is 9.88 Å². The van der Waals surface area contributed by atoms with Gasteiger partial charge in [-0.1, -0.05) is 36.4 Å². The van der Waals surface area contributed by atoms with E-state index in [0.717, 1.165) is 36.1 Å². The lowest BCUT2D eigenvalue weighted by molar-refractivity contribution is 0.0855. The molecular weight excluding hydrogens is 376 g/mol. The molecule has 2 aliphatic rings. The largest absolute Gasteiger partial charge is 0.390 e. The number of hydrogen-bond acceptors (Lipinski definition) is 3. The van der Waals surface area contributed by atoms with Crippen molar-refractivity contribution in [3.05, 3.63) is 98.5 Å². The van der Waals surface area contributed by atoms with Gasteiger partial charge in [0, 0.05) is 12.6 Å². The molecule has 2 aromatic carbocycles. The van der Waals surface area contributed by atoms with E-state index in [4.69, 9.17) is 0 Å². The molecule has 0 aliphatic heterocycles. The van der Waals surface area contributed by atoms with Crippen molar-refractivity contribution in [3.63, 3.8) is 0 Å². The smallest absolute Gasteiger partial charge is 0.268 e. The number of hydrogen-bond donors (Lipinski definition) is 2. The molecule has 1 heterocycles. The summed E-state index contributed by atoms with van der Waals surface area (Å²) in [6.07, 6.45) is 4.60. The molecule has 5 heteroatoms. The minimum Gasteiger partial charge on any atom is -0.390 e. The quantitative estimate of drug-likeness (QED) is 0.710. The minimum absolute atomic E-state index is 0.129. The number of nitrogens with one attached hydrogen (secondary N) is 1. The zero-order chi connectivity index (χ0) is 20.8. The minimum atomic E-state index is -0.699. The Hall–Kier alpha value is -3.18. The maximum Gasteiger partial charge on any atom is 0.268 e. The predicted molar refractivity (Wildman–Crippen MR) is 115 cm³/mol. The van der Waals surface area contributed by atoms with E-state index in [0.29, 0.717) is 12.0 Å². The summed E-state index contributed by atoms with van der Waals surface area (Å²) in [6.45, 7) is 1.77. The molecule has 30 heavy (non-hydrogen) atoms. The topological polar surface area (TPSA) is 71.3 Å². The first-order chi connectivity index (χ1) is 14.5. The summed E-state index contributed by atoms with van der Waals surface area (Å²) < 4.78 is 1.59. The normalized spacial score (nSPS) is 19.4. The van der Waals surface area contributed by atoms with Crippen molar-refractivity contribution >= 4 is 5.91 Å². The van der Waals surface area contributed by atoms with Crippen LogP contribution in [0.4, 0.5) is 0 Å². The van der Waals surface area contributed by atoms with Gasteiger partial charge in [-0.2, -0.15) is 0 Å². The lowest BCUT2D eigenvalue weighted by Crippen LogP contribution is -2.38. The molecule has 5 rings (SSSR count). The number of aliphatic hydroxyl groups is 1. The van der Waals surface area contributed by atoms with Crippen LogP contribution >= 0.6 is 0 Å². The van der Waals surface area contributed by atoms with E-state index in [-0.39, 0.29) is 11.1 Å². The van der Waals surface area contributed by atoms with Gasteiger partial charge in [0.2, 0.25) is 0 Å². The van der Waals surface area contributed by atoms with Crippen molar-refractivity contribution in [2.45, 2.75) is 44.8 Å². The third kappa shape index (κ3) is 2.97. The number of carbonyl (C=O) groups is 1. The highest BCUT2D eigenvalue weighted by molar-refractivity contribution is 5.95. The summed E-state index contributed by atoms with van der Waals surface area (Å²) in [6, 6.07) is 15.0. The second-order valence-electron chi connectivity index (χ2n) is 8.24. The summed E-state index contributed by atoms with van der Waals surface area (Å²) in [5, 5.41) is 13.4. The van der Waals surface area contributed by atoms with Gasteiger partial charge in [-0.3, -0.25) is 14.2 Å². The molecule has 3 aromatic rings. The first-order valence-corrected chi connectivity index (χ1v) is 10.4. The lowest BCUT2D eigenvalue weighted by Gasteiger charge is -2.19. The van der Waals surface area contributed by atoms with Gasteiger partial charge in [0.1, 0.15) is 5.56 Å². The van der Waals surface area contributed by atoms with Crippen LogP contribution in [0.1, 0.15) is 50.6 Å². The van der Waals surface area contributed by atoms with E-state index in [2.05, 4.69) is 11.4 Å². The van der Waals surface area contributed by atoms with Crippen molar-refractivity contribution < 1.29 is 9.90 Å². The molecule has 0 spiro atoms. The third-order valence-electron chi connectivity index (χ3n) is 6.40. The lowest BCUT2D eigenvalue weighted by atomic mass is 10.1. The van der Waals surface area contributed by atoms with Crippen LogP contribution in [0.15, 0.2) is 59.5 Å². The first-order valence-electron chi connectivity index (χ1n) is 10.4. The average molecular weight is 400 g/mol. The van der Waals surface area contributed by atoms with E-state index in [1.165, 1.54) is 11.1 Å². The van der Waals surface area contributed by atoms with Gasteiger partial charge in [-0.25, -0.2) is 0 Å². The highest BCUT2D eigenvalue weighted by Crippen LogP contribution is 2.31. The fourth-order valence-corrected chi connectivity index (χ4v) is 4.88. The molecule has 152 valence electrons. The molecule has 5 nitrogen and oxygen atoms in total. The van der Waals surface area contributed by atoms with Crippen LogP contribution in [0.2, 0.25) is 0 Å². The number of carbonyl (C=O) groups excluding carboxylic acids is 1. The maximum absolute atomic E-state index is 13.4. The van der Waals surface area contributed by atoms with Gasteiger partial charge >= 0.3 is 0 Å². The van der Waals surface area contributed by atoms with Gasteiger partial charge in [0.25, 0.3) is 11.5 Å². The van der Waals surface area contributed by atoms with Gasteiger partial charge in [-0.05, 0) is 66.1 Å². The van der Waals surface area contributed by atoms with Gasteiger partial charge in [0.15, 0.2) is 0 Å². The van der Waals surface area contributed by atoms with Crippen molar-refractivity contribution in [2.24, 2.45) is 0 Å². The Labute approximate surface area is 175 Å². The number of rotatable bonds is 3. The number of aliphatic hydroxyl groups excluding tert-OH is 1. The Kier molecular flexibility index (Phi) is 4.55. The first kappa shape index (κ1) is 18.8. The number of amides is 1. The molecule has 0 radical (unpaired) electrons. The number of pyridine rings is 1. The van der Waals surface area contributed by atoms with Crippen molar-refractivity contribution in [3.8, 4) is 5.69 Å². The fourth-order valence-electron chi connectivity index (χ4n) is 4.88. The molecule has 0 saturated heterocycles. The van der Waals surface area contributed by atoms with Gasteiger partial charge in [-0.15, -0.1) is 0 Å². The van der Waals surface area contributed by atoms with E-state index in [1.807, 2.05) is 42.5 Å². The van der Waals surface area contributed by atoms with Crippen LogP contribution in [0.25, 0.3) is 5.69 Å². The van der Waals surface area contributed by atoms with Crippen LogP contribution in [0, 0.1) is 6.92 Å². The highest BCUT2D eigenvalue weighted by Gasteiger charge is 2.33. The molecule has 0 fully saturated rings. The van der Waals surface area contributed by atoms with E-state index in [9.17, 15) is 14.7 Å².